The molecule has 2 unspecified atom stereocenters. The number of hydrogen-bond acceptors (Lipinski definition) is 7. The summed E-state index contributed by atoms with van der Waals surface area (Å²) in [4.78, 5) is 28.4. The molecular weight excluding hydrogens is 290 g/mol. The van der Waals surface area contributed by atoms with E-state index in [9.17, 15) is 14.7 Å². The van der Waals surface area contributed by atoms with E-state index in [-0.39, 0.29) is 6.61 Å². The molecule has 11 heteroatoms. The van der Waals surface area contributed by atoms with Gasteiger partial charge in [-0.25, -0.2) is 9.59 Å². The van der Waals surface area contributed by atoms with Crippen LogP contribution in [0.15, 0.2) is 0 Å². The van der Waals surface area contributed by atoms with Crippen LogP contribution in [0.3, 0.4) is 0 Å². The van der Waals surface area contributed by atoms with Crippen LogP contribution >= 0.6 is 0 Å². The summed E-state index contributed by atoms with van der Waals surface area (Å²) in [5, 5.41) is 42.5. The molecule has 0 spiro atoms. The zero-order chi connectivity index (χ0) is 17.8. The molecule has 0 aromatic heterocycles. The zero-order valence-electron chi connectivity index (χ0n) is 12.1. The molecule has 2 atom stereocenters. The van der Waals surface area contributed by atoms with Crippen molar-refractivity contribution < 1.29 is 44.4 Å². The Morgan fingerprint density at radius 2 is 1.43 bits per heavy atom. The number of aliphatic hydroxyl groups excluding tert-OH is 3. The van der Waals surface area contributed by atoms with Gasteiger partial charge in [0.05, 0.1) is 33.7 Å². The van der Waals surface area contributed by atoms with Gasteiger partial charge in [0.2, 0.25) is 0 Å². The molecule has 21 heavy (non-hydrogen) atoms. The van der Waals surface area contributed by atoms with Gasteiger partial charge < -0.3 is 46.3 Å². The quantitative estimate of drug-likeness (QED) is 0.271. The minimum atomic E-state index is -2.38. The van der Waals surface area contributed by atoms with Gasteiger partial charge in [0, 0.05) is 0 Å². The lowest BCUT2D eigenvalue weighted by Gasteiger charge is -2.21. The fraction of sp³-hybridized carbons (Fsp3) is 0.700. The first-order valence-electron chi connectivity index (χ1n) is 5.52. The Hall–Kier alpha value is -1.95. The van der Waals surface area contributed by atoms with E-state index in [1.54, 1.807) is 0 Å². The van der Waals surface area contributed by atoms with Crippen LogP contribution in [0.2, 0.25) is 0 Å². The molecule has 126 valence electrons. The maximum atomic E-state index is 9.74. The third kappa shape index (κ3) is 23.6. The second-order valence-electron chi connectivity index (χ2n) is 4.69. The van der Waals surface area contributed by atoms with Crippen LogP contribution in [0.1, 0.15) is 0 Å². The van der Waals surface area contributed by atoms with Crippen molar-refractivity contribution in [2.75, 3.05) is 34.3 Å². The molecular formula is C10H23N3O8. The van der Waals surface area contributed by atoms with Crippen molar-refractivity contribution in [2.45, 2.75) is 12.2 Å². The van der Waals surface area contributed by atoms with E-state index in [2.05, 4.69) is 32.6 Å². The number of likely N-dealkylation sites (N-methyl/N-ethyl adjacent to an activating group) is 1. The predicted molar refractivity (Wildman–Crippen MR) is 68.4 cm³/mol. The molecule has 0 heterocycles. The van der Waals surface area contributed by atoms with E-state index in [0.29, 0.717) is 0 Å². The van der Waals surface area contributed by atoms with Crippen molar-refractivity contribution in [3.05, 3.63) is 0 Å². The minimum Gasteiger partial charge on any atom is -0.547 e. The summed E-state index contributed by atoms with van der Waals surface area (Å²) in [6.45, 7) is 1.11. The summed E-state index contributed by atoms with van der Waals surface area (Å²) < 4.78 is 0.844. The van der Waals surface area contributed by atoms with Gasteiger partial charge in [-0.1, -0.05) is 0 Å². The molecule has 11 nitrogen and oxygen atoms in total. The van der Waals surface area contributed by atoms with Gasteiger partial charge in [0.25, 0.3) is 0 Å². The standard InChI is InChI=1S/C5H14NO.C4H6O6.CH4N2O/c1-6(2,3)4-5-7;5-1(3(7)8)2(6)4(9)10;2-1(3)4/h7H,4-5H2,1-3H3;1-2,5-6H,(H,7,8)(H,9,10);(H4,2,3,4)/q+1;;/p-1. The van der Waals surface area contributed by atoms with Crippen LogP contribution in [-0.4, -0.2) is 89.4 Å². The fourth-order valence-corrected chi connectivity index (χ4v) is 0.564. The van der Waals surface area contributed by atoms with Gasteiger partial charge in [-0.15, -0.1) is 0 Å². The number of carbonyl (C=O) groups excluding carboxylic acids is 2. The monoisotopic (exact) mass is 313 g/mol. The number of nitrogens with two attached hydrogens (primary N) is 2. The number of amides is 2. The van der Waals surface area contributed by atoms with Crippen molar-refractivity contribution in [1.82, 2.24) is 0 Å². The number of quaternary nitrogens is 1. The second kappa shape index (κ2) is 11.8. The van der Waals surface area contributed by atoms with E-state index in [1.165, 1.54) is 0 Å². The molecule has 0 aromatic rings. The van der Waals surface area contributed by atoms with Crippen LogP contribution in [0.4, 0.5) is 4.79 Å². The van der Waals surface area contributed by atoms with Gasteiger partial charge in [-0.2, -0.15) is 0 Å². The van der Waals surface area contributed by atoms with Crippen molar-refractivity contribution in [1.29, 1.82) is 0 Å². The van der Waals surface area contributed by atoms with Crippen LogP contribution in [0.25, 0.3) is 0 Å². The van der Waals surface area contributed by atoms with Gasteiger partial charge in [0.15, 0.2) is 6.10 Å². The summed E-state index contributed by atoms with van der Waals surface area (Å²) in [7, 11) is 6.16. The number of aliphatic hydroxyl groups is 3. The molecule has 0 saturated heterocycles. The Balaban J connectivity index is -0.000000256. The average Bonchev–Trinajstić information content (AvgIpc) is 2.25. The smallest absolute Gasteiger partial charge is 0.335 e. The van der Waals surface area contributed by atoms with E-state index in [1.807, 2.05) is 0 Å². The second-order valence-corrected chi connectivity index (χ2v) is 4.69. The van der Waals surface area contributed by atoms with Crippen molar-refractivity contribution >= 4 is 18.0 Å². The number of aliphatic carboxylic acids is 2. The molecule has 0 aliphatic rings. The van der Waals surface area contributed by atoms with Gasteiger partial charge >= 0.3 is 12.0 Å². The number of hydrogen-bond donors (Lipinski definition) is 6. The molecule has 0 bridgehead atoms. The number of rotatable bonds is 5. The van der Waals surface area contributed by atoms with Crippen LogP contribution in [0, 0.1) is 0 Å². The SMILES string of the molecule is C[N+](C)(C)CCO.NC(N)=O.O=C([O-])C(O)C(O)C(=O)O. The first-order valence-corrected chi connectivity index (χ1v) is 5.52. The Labute approximate surface area is 121 Å². The predicted octanol–water partition coefficient (Wildman–Crippen LogP) is -4.75. The lowest BCUT2D eigenvalue weighted by atomic mass is 10.2. The topological polar surface area (TPSA) is 207 Å². The van der Waals surface area contributed by atoms with Crippen LogP contribution in [0.5, 0.6) is 0 Å². The Kier molecular flexibility index (Phi) is 13.6. The first-order chi connectivity index (χ1) is 9.26. The summed E-state index contributed by atoms with van der Waals surface area (Å²) >= 11 is 0. The Bertz CT molecular complexity index is 307. The van der Waals surface area contributed by atoms with Crippen molar-refractivity contribution in [3.8, 4) is 0 Å². The van der Waals surface area contributed by atoms with E-state index in [4.69, 9.17) is 25.2 Å². The summed E-state index contributed by atoms with van der Waals surface area (Å²) in [6, 6.07) is -0.833. The molecule has 0 rings (SSSR count). The number of primary amides is 2. The third-order valence-electron chi connectivity index (χ3n) is 1.56. The van der Waals surface area contributed by atoms with Crippen LogP contribution < -0.4 is 16.6 Å². The third-order valence-corrected chi connectivity index (χ3v) is 1.56. The zero-order valence-corrected chi connectivity index (χ0v) is 12.1. The van der Waals surface area contributed by atoms with E-state index < -0.39 is 30.2 Å². The van der Waals surface area contributed by atoms with Gasteiger partial charge in [-0.3, -0.25) is 0 Å². The number of urea groups is 1. The molecule has 0 saturated carbocycles. The number of carbonyl (C=O) groups is 3. The summed E-state index contributed by atoms with van der Waals surface area (Å²) in [5.74, 6) is -3.83. The highest BCUT2D eigenvalue weighted by molar-refractivity contribution is 5.82. The van der Waals surface area contributed by atoms with E-state index >= 15 is 0 Å². The van der Waals surface area contributed by atoms with Crippen LogP contribution in [-0.2, 0) is 9.59 Å². The summed E-state index contributed by atoms with van der Waals surface area (Å²) in [6.07, 6.45) is -4.71. The number of carboxylic acid groups (broad SMARTS) is 2. The molecule has 0 radical (unpaired) electrons. The molecule has 0 fully saturated rings. The molecule has 0 aliphatic carbocycles. The van der Waals surface area contributed by atoms with E-state index in [0.717, 1.165) is 11.0 Å². The van der Waals surface area contributed by atoms with Crippen molar-refractivity contribution in [2.24, 2.45) is 11.5 Å². The van der Waals surface area contributed by atoms with Gasteiger partial charge in [-0.05, 0) is 0 Å². The molecule has 0 aliphatic heterocycles. The summed E-state index contributed by atoms with van der Waals surface area (Å²) in [5.41, 5.74) is 8.50. The normalized spacial score (nSPS) is 12.7. The van der Waals surface area contributed by atoms with Gasteiger partial charge in [0.1, 0.15) is 12.6 Å². The fourth-order valence-electron chi connectivity index (χ4n) is 0.564. The highest BCUT2D eigenvalue weighted by Crippen LogP contribution is 1.90. The molecule has 2 amide bonds. The highest BCUT2D eigenvalue weighted by atomic mass is 16.4. The highest BCUT2D eigenvalue weighted by Gasteiger charge is 2.23. The Morgan fingerprint density at radius 3 is 1.48 bits per heavy atom. The average molecular weight is 313 g/mol. The Morgan fingerprint density at radius 1 is 1.10 bits per heavy atom. The molecule has 0 aromatic carbocycles. The lowest BCUT2D eigenvalue weighted by Crippen LogP contribution is -2.46. The maximum absolute atomic E-state index is 9.74. The largest absolute Gasteiger partial charge is 0.547 e. The number of carboxylic acids is 2. The maximum Gasteiger partial charge on any atom is 0.335 e. The lowest BCUT2D eigenvalue weighted by molar-refractivity contribution is -0.870. The molecule has 8 N–H and O–H groups in total. The minimum absolute atomic E-state index is 0.281. The number of nitrogens with zero attached hydrogens (tertiary/aromatic N) is 1. The van der Waals surface area contributed by atoms with Crippen molar-refractivity contribution in [3.63, 3.8) is 0 Å². The first kappa shape index (κ1) is 24.1.